The van der Waals surface area contributed by atoms with Crippen LogP contribution >= 0.6 is 0 Å². The van der Waals surface area contributed by atoms with Crippen molar-refractivity contribution in [3.05, 3.63) is 65.5 Å². The van der Waals surface area contributed by atoms with E-state index in [0.717, 1.165) is 5.56 Å². The van der Waals surface area contributed by atoms with E-state index >= 15 is 0 Å². The highest BCUT2D eigenvalue weighted by Crippen LogP contribution is 2.11. The van der Waals surface area contributed by atoms with Gasteiger partial charge in [0.25, 0.3) is 0 Å². The van der Waals surface area contributed by atoms with Gasteiger partial charge in [-0.25, -0.2) is 17.5 Å². The van der Waals surface area contributed by atoms with Crippen LogP contribution in [0.4, 0.5) is 4.39 Å². The Bertz CT molecular complexity index is 805. The van der Waals surface area contributed by atoms with Gasteiger partial charge < -0.3 is 5.32 Å². The second-order valence-electron chi connectivity index (χ2n) is 5.26. The van der Waals surface area contributed by atoms with E-state index in [-0.39, 0.29) is 29.6 Å². The number of rotatable bonds is 7. The first-order valence-corrected chi connectivity index (χ1v) is 8.92. The monoisotopic (exact) mass is 350 g/mol. The Morgan fingerprint density at radius 3 is 2.46 bits per heavy atom. The first kappa shape index (κ1) is 18.1. The van der Waals surface area contributed by atoms with Crippen LogP contribution in [-0.2, 0) is 27.8 Å². The molecule has 0 saturated heterocycles. The molecule has 0 spiro atoms. The normalized spacial score (nSPS) is 11.2. The third-order valence-corrected chi connectivity index (χ3v) is 4.93. The maximum absolute atomic E-state index is 12.8. The molecule has 7 heteroatoms. The summed E-state index contributed by atoms with van der Waals surface area (Å²) in [4.78, 5) is 12.0. The van der Waals surface area contributed by atoms with Gasteiger partial charge in [0.05, 0.1) is 4.90 Å². The number of benzene rings is 2. The summed E-state index contributed by atoms with van der Waals surface area (Å²) in [5.41, 5.74) is 1.58. The van der Waals surface area contributed by atoms with E-state index in [4.69, 9.17) is 0 Å². The minimum absolute atomic E-state index is 0.152. The number of carbonyl (C=O) groups is 1. The van der Waals surface area contributed by atoms with Gasteiger partial charge in [0.2, 0.25) is 15.9 Å². The zero-order chi connectivity index (χ0) is 17.6. The van der Waals surface area contributed by atoms with Crippen LogP contribution in [0.2, 0.25) is 0 Å². The molecule has 0 bridgehead atoms. The Morgan fingerprint density at radius 1 is 1.08 bits per heavy atom. The Morgan fingerprint density at radius 2 is 1.79 bits per heavy atom. The third-order valence-electron chi connectivity index (χ3n) is 3.52. The molecule has 0 aliphatic carbocycles. The quantitative estimate of drug-likeness (QED) is 0.802. The van der Waals surface area contributed by atoms with Gasteiger partial charge in [-0.2, -0.15) is 0 Å². The van der Waals surface area contributed by atoms with Crippen molar-refractivity contribution in [2.45, 2.75) is 24.3 Å². The molecule has 0 atom stereocenters. The number of hydrogen-bond acceptors (Lipinski definition) is 3. The molecule has 0 unspecified atom stereocenters. The number of hydrogen-bond donors (Lipinski definition) is 2. The summed E-state index contributed by atoms with van der Waals surface area (Å²) in [6.45, 7) is 0.245. The van der Waals surface area contributed by atoms with Crippen molar-refractivity contribution in [3.63, 3.8) is 0 Å². The summed E-state index contributed by atoms with van der Waals surface area (Å²) in [6, 6.07) is 12.4. The van der Waals surface area contributed by atoms with E-state index in [1.54, 1.807) is 24.3 Å². The van der Waals surface area contributed by atoms with Crippen LogP contribution in [-0.4, -0.2) is 21.4 Å². The zero-order valence-electron chi connectivity index (χ0n) is 13.3. The highest BCUT2D eigenvalue weighted by atomic mass is 32.2. The minimum Gasteiger partial charge on any atom is -0.352 e. The number of carbonyl (C=O) groups excluding carboxylic acids is 1. The molecule has 1 amide bonds. The van der Waals surface area contributed by atoms with Gasteiger partial charge in [-0.05, 0) is 48.9 Å². The molecule has 0 heterocycles. The largest absolute Gasteiger partial charge is 0.352 e. The Labute approximate surface area is 141 Å². The number of sulfonamides is 1. The maximum atomic E-state index is 12.8. The van der Waals surface area contributed by atoms with Gasteiger partial charge in [0.15, 0.2) is 0 Å². The average Bonchev–Trinajstić information content (AvgIpc) is 2.59. The molecule has 2 aromatic carbocycles. The highest BCUT2D eigenvalue weighted by molar-refractivity contribution is 7.89. The predicted molar refractivity (Wildman–Crippen MR) is 89.3 cm³/mol. The Kier molecular flexibility index (Phi) is 6.05. The van der Waals surface area contributed by atoms with Crippen molar-refractivity contribution in [1.29, 1.82) is 0 Å². The van der Waals surface area contributed by atoms with Gasteiger partial charge in [-0.15, -0.1) is 0 Å². The van der Waals surface area contributed by atoms with Crippen LogP contribution in [0.5, 0.6) is 0 Å². The SMILES string of the molecule is CNS(=O)(=O)c1cccc(CNC(=O)CCc2ccc(F)cc2)c1. The summed E-state index contributed by atoms with van der Waals surface area (Å²) < 4.78 is 38.6. The molecule has 0 aliphatic heterocycles. The molecular weight excluding hydrogens is 331 g/mol. The van der Waals surface area contributed by atoms with Gasteiger partial charge in [0, 0.05) is 13.0 Å². The van der Waals surface area contributed by atoms with Gasteiger partial charge in [-0.1, -0.05) is 24.3 Å². The fourth-order valence-corrected chi connectivity index (χ4v) is 2.94. The van der Waals surface area contributed by atoms with Crippen molar-refractivity contribution in [2.24, 2.45) is 0 Å². The molecule has 2 N–H and O–H groups in total. The summed E-state index contributed by atoms with van der Waals surface area (Å²) in [6.07, 6.45) is 0.792. The van der Waals surface area contributed by atoms with Crippen LogP contribution in [0.15, 0.2) is 53.4 Å². The fraction of sp³-hybridized carbons (Fsp3) is 0.235. The molecule has 0 saturated carbocycles. The molecule has 2 aromatic rings. The Hall–Kier alpha value is -2.25. The molecule has 128 valence electrons. The van der Waals surface area contributed by atoms with Gasteiger partial charge in [0.1, 0.15) is 5.82 Å². The van der Waals surface area contributed by atoms with E-state index < -0.39 is 10.0 Å². The number of amides is 1. The van der Waals surface area contributed by atoms with Crippen molar-refractivity contribution in [1.82, 2.24) is 10.0 Å². The van der Waals surface area contributed by atoms with Crippen LogP contribution < -0.4 is 10.0 Å². The second kappa shape index (κ2) is 8.03. The maximum Gasteiger partial charge on any atom is 0.240 e. The van der Waals surface area contributed by atoms with Crippen molar-refractivity contribution in [3.8, 4) is 0 Å². The molecule has 0 aliphatic rings. The zero-order valence-corrected chi connectivity index (χ0v) is 14.1. The third kappa shape index (κ3) is 5.14. The minimum atomic E-state index is -3.50. The van der Waals surface area contributed by atoms with E-state index in [0.29, 0.717) is 12.0 Å². The molecular formula is C17H19FN2O3S. The molecule has 5 nitrogen and oxygen atoms in total. The first-order valence-electron chi connectivity index (χ1n) is 7.44. The Balaban J connectivity index is 1.87. The van der Waals surface area contributed by atoms with Gasteiger partial charge in [-0.3, -0.25) is 4.79 Å². The molecule has 24 heavy (non-hydrogen) atoms. The van der Waals surface area contributed by atoms with Crippen molar-refractivity contribution < 1.29 is 17.6 Å². The van der Waals surface area contributed by atoms with Crippen LogP contribution in [0, 0.1) is 5.82 Å². The summed E-state index contributed by atoms with van der Waals surface area (Å²) in [5, 5.41) is 2.75. The molecule has 2 rings (SSSR count). The lowest BCUT2D eigenvalue weighted by Crippen LogP contribution is -2.23. The topological polar surface area (TPSA) is 75.3 Å². The second-order valence-corrected chi connectivity index (χ2v) is 7.14. The lowest BCUT2D eigenvalue weighted by atomic mass is 10.1. The molecule has 0 radical (unpaired) electrons. The van der Waals surface area contributed by atoms with Crippen molar-refractivity contribution in [2.75, 3.05) is 7.05 Å². The number of halogens is 1. The van der Waals surface area contributed by atoms with Crippen LogP contribution in [0.1, 0.15) is 17.5 Å². The van der Waals surface area contributed by atoms with E-state index in [1.165, 1.54) is 31.3 Å². The average molecular weight is 350 g/mol. The van der Waals surface area contributed by atoms with E-state index in [9.17, 15) is 17.6 Å². The standard InChI is InChI=1S/C17H19FN2O3S/c1-19-24(22,23)16-4-2-3-14(11-16)12-20-17(21)10-7-13-5-8-15(18)9-6-13/h2-6,8-9,11,19H,7,10,12H2,1H3,(H,20,21). The van der Waals surface area contributed by atoms with E-state index in [2.05, 4.69) is 10.0 Å². The summed E-state index contributed by atoms with van der Waals surface area (Å²) in [7, 11) is -2.16. The fourth-order valence-electron chi connectivity index (χ4n) is 2.14. The predicted octanol–water partition coefficient (Wildman–Crippen LogP) is 1.98. The van der Waals surface area contributed by atoms with Crippen molar-refractivity contribution >= 4 is 15.9 Å². The first-order chi connectivity index (χ1) is 11.4. The van der Waals surface area contributed by atoms with E-state index in [1.807, 2.05) is 0 Å². The van der Waals surface area contributed by atoms with Crippen LogP contribution in [0.3, 0.4) is 0 Å². The number of nitrogens with one attached hydrogen (secondary N) is 2. The van der Waals surface area contributed by atoms with Crippen LogP contribution in [0.25, 0.3) is 0 Å². The van der Waals surface area contributed by atoms with Gasteiger partial charge >= 0.3 is 0 Å². The lowest BCUT2D eigenvalue weighted by Gasteiger charge is -2.08. The highest BCUT2D eigenvalue weighted by Gasteiger charge is 2.11. The summed E-state index contributed by atoms with van der Waals surface area (Å²) in [5.74, 6) is -0.458. The lowest BCUT2D eigenvalue weighted by molar-refractivity contribution is -0.121. The number of aryl methyl sites for hydroxylation is 1. The molecule has 0 aromatic heterocycles. The molecule has 0 fully saturated rings. The smallest absolute Gasteiger partial charge is 0.240 e. The summed E-state index contributed by atoms with van der Waals surface area (Å²) >= 11 is 0.